The van der Waals surface area contributed by atoms with Crippen LogP contribution in [0.1, 0.15) is 36.1 Å². The van der Waals surface area contributed by atoms with Crippen molar-refractivity contribution in [2.24, 2.45) is 16.5 Å². The van der Waals surface area contributed by atoms with E-state index in [-0.39, 0.29) is 17.7 Å². The highest BCUT2D eigenvalue weighted by atomic mass is 35.5. The SMILES string of the molecule is C=C/C(=C\NC(N)=NC(C)(C)c1ncccc1Cl)c1noc(C(N)=O)n1. The zero-order valence-corrected chi connectivity index (χ0v) is 15.0. The quantitative estimate of drug-likeness (QED) is 0.394. The molecule has 1 amide bonds. The predicted molar refractivity (Wildman–Crippen MR) is 98.0 cm³/mol. The first-order valence-electron chi connectivity index (χ1n) is 7.44. The summed E-state index contributed by atoms with van der Waals surface area (Å²) in [7, 11) is 0. The number of nitrogens with one attached hydrogen (secondary N) is 1. The molecule has 0 unspecified atom stereocenters. The Morgan fingerprint density at radius 2 is 2.19 bits per heavy atom. The summed E-state index contributed by atoms with van der Waals surface area (Å²) in [6, 6.07) is 3.46. The van der Waals surface area contributed by atoms with Gasteiger partial charge in [-0.1, -0.05) is 29.4 Å². The molecule has 26 heavy (non-hydrogen) atoms. The molecule has 0 saturated heterocycles. The van der Waals surface area contributed by atoms with E-state index >= 15 is 0 Å². The number of carbonyl (C=O) groups is 1. The smallest absolute Gasteiger partial charge is 0.316 e. The van der Waals surface area contributed by atoms with E-state index in [0.717, 1.165) is 0 Å². The molecule has 0 saturated carbocycles. The van der Waals surface area contributed by atoms with E-state index in [9.17, 15) is 4.79 Å². The van der Waals surface area contributed by atoms with E-state index in [0.29, 0.717) is 16.3 Å². The summed E-state index contributed by atoms with van der Waals surface area (Å²) in [6.45, 7) is 7.30. The molecule has 136 valence electrons. The van der Waals surface area contributed by atoms with Gasteiger partial charge in [-0.15, -0.1) is 0 Å². The fourth-order valence-electron chi connectivity index (χ4n) is 2.03. The number of aromatic nitrogens is 3. The number of guanidine groups is 1. The second kappa shape index (κ2) is 7.79. The third-order valence-electron chi connectivity index (χ3n) is 3.23. The summed E-state index contributed by atoms with van der Waals surface area (Å²) >= 11 is 6.17. The molecule has 0 spiro atoms. The number of pyridine rings is 1. The van der Waals surface area contributed by atoms with Crippen molar-refractivity contribution in [2.45, 2.75) is 19.4 Å². The van der Waals surface area contributed by atoms with Crippen LogP contribution in [0.15, 0.2) is 46.7 Å². The van der Waals surface area contributed by atoms with E-state index in [1.54, 1.807) is 18.3 Å². The summed E-state index contributed by atoms with van der Waals surface area (Å²) in [5.74, 6) is -0.897. The maximum atomic E-state index is 11.0. The van der Waals surface area contributed by atoms with E-state index in [1.165, 1.54) is 12.3 Å². The average Bonchev–Trinajstić information content (AvgIpc) is 3.05. The number of hydrogen-bond donors (Lipinski definition) is 3. The third-order valence-corrected chi connectivity index (χ3v) is 3.53. The van der Waals surface area contributed by atoms with Crippen LogP contribution in [0, 0.1) is 0 Å². The average molecular weight is 376 g/mol. The van der Waals surface area contributed by atoms with Crippen LogP contribution in [0.4, 0.5) is 0 Å². The lowest BCUT2D eigenvalue weighted by atomic mass is 10.0. The Bertz CT molecular complexity index is 886. The van der Waals surface area contributed by atoms with Crippen LogP contribution in [-0.2, 0) is 5.54 Å². The normalized spacial score (nSPS) is 12.7. The number of nitrogens with two attached hydrogens (primary N) is 2. The van der Waals surface area contributed by atoms with Gasteiger partial charge >= 0.3 is 11.8 Å². The Balaban J connectivity index is 2.21. The van der Waals surface area contributed by atoms with Gasteiger partial charge in [0.25, 0.3) is 0 Å². The highest BCUT2D eigenvalue weighted by Crippen LogP contribution is 2.28. The minimum Gasteiger partial charge on any atom is -0.370 e. The predicted octanol–water partition coefficient (Wildman–Crippen LogP) is 1.58. The molecule has 0 aliphatic carbocycles. The Hall–Kier alpha value is -3.20. The van der Waals surface area contributed by atoms with Gasteiger partial charge in [0.1, 0.15) is 5.54 Å². The molecule has 5 N–H and O–H groups in total. The van der Waals surface area contributed by atoms with Gasteiger partial charge in [0.15, 0.2) is 5.96 Å². The summed E-state index contributed by atoms with van der Waals surface area (Å²) in [5, 5.41) is 6.94. The fourth-order valence-corrected chi connectivity index (χ4v) is 2.38. The van der Waals surface area contributed by atoms with Crippen molar-refractivity contribution in [3.63, 3.8) is 0 Å². The van der Waals surface area contributed by atoms with Crippen molar-refractivity contribution in [1.82, 2.24) is 20.4 Å². The van der Waals surface area contributed by atoms with Gasteiger partial charge in [-0.05, 0) is 26.0 Å². The van der Waals surface area contributed by atoms with Crippen LogP contribution in [-0.4, -0.2) is 27.0 Å². The number of primary amides is 1. The number of allylic oxidation sites excluding steroid dienone is 2. The summed E-state index contributed by atoms with van der Waals surface area (Å²) < 4.78 is 4.73. The molecule has 2 rings (SSSR count). The summed E-state index contributed by atoms with van der Waals surface area (Å²) in [6.07, 6.45) is 4.55. The first-order chi connectivity index (χ1) is 12.2. The second-order valence-corrected chi connectivity index (χ2v) is 6.03. The Kier molecular flexibility index (Phi) is 5.73. The standard InChI is InChI=1S/C16H18ClN7O2/c1-4-9(13-22-14(12(18)25)26-24-13)8-21-15(19)23-16(2,3)11-10(17)6-5-7-20-11/h4-8H,1H2,2-3H3,(H2,18,25)(H3,19,21,23)/b9-8+. The molecular formula is C16H18ClN7O2. The molecule has 2 aromatic rings. The number of rotatable bonds is 6. The molecule has 0 aliphatic heterocycles. The fraction of sp³-hybridized carbons (Fsp3) is 0.188. The van der Waals surface area contributed by atoms with Crippen LogP contribution in [0.25, 0.3) is 5.57 Å². The summed E-state index contributed by atoms with van der Waals surface area (Å²) in [4.78, 5) is 23.5. The highest BCUT2D eigenvalue weighted by molar-refractivity contribution is 6.31. The number of carbonyl (C=O) groups excluding carboxylic acids is 1. The number of amides is 1. The molecule has 2 heterocycles. The third kappa shape index (κ3) is 4.45. The van der Waals surface area contributed by atoms with E-state index in [4.69, 9.17) is 27.6 Å². The van der Waals surface area contributed by atoms with Crippen LogP contribution in [0.2, 0.25) is 5.02 Å². The van der Waals surface area contributed by atoms with Crippen molar-refractivity contribution in [3.05, 3.63) is 59.6 Å². The molecule has 0 bridgehead atoms. The van der Waals surface area contributed by atoms with Gasteiger partial charge in [0.2, 0.25) is 5.82 Å². The summed E-state index contributed by atoms with van der Waals surface area (Å²) in [5.41, 5.74) is 11.3. The molecule has 9 nitrogen and oxygen atoms in total. The van der Waals surface area contributed by atoms with E-state index in [1.807, 2.05) is 13.8 Å². The molecule has 0 atom stereocenters. The van der Waals surface area contributed by atoms with Gasteiger partial charge in [0, 0.05) is 18.0 Å². The molecule has 10 heteroatoms. The maximum Gasteiger partial charge on any atom is 0.316 e. The minimum absolute atomic E-state index is 0.106. The van der Waals surface area contributed by atoms with Crippen molar-refractivity contribution < 1.29 is 9.32 Å². The van der Waals surface area contributed by atoms with Crippen LogP contribution in [0.5, 0.6) is 0 Å². The molecule has 0 aliphatic rings. The number of hydrogen-bond acceptors (Lipinski definition) is 6. The van der Waals surface area contributed by atoms with Crippen LogP contribution < -0.4 is 16.8 Å². The lowest BCUT2D eigenvalue weighted by molar-refractivity contribution is 0.0958. The second-order valence-electron chi connectivity index (χ2n) is 5.63. The van der Waals surface area contributed by atoms with Crippen LogP contribution in [0.3, 0.4) is 0 Å². The molecular weight excluding hydrogens is 358 g/mol. The van der Waals surface area contributed by atoms with Gasteiger partial charge in [0.05, 0.1) is 10.7 Å². The monoisotopic (exact) mass is 375 g/mol. The topological polar surface area (TPSA) is 145 Å². The van der Waals surface area contributed by atoms with Gasteiger partial charge in [-0.25, -0.2) is 4.99 Å². The minimum atomic E-state index is -0.824. The largest absolute Gasteiger partial charge is 0.370 e. The van der Waals surface area contributed by atoms with Crippen molar-refractivity contribution >= 4 is 29.0 Å². The van der Waals surface area contributed by atoms with E-state index in [2.05, 4.69) is 32.0 Å². The van der Waals surface area contributed by atoms with Gasteiger partial charge < -0.3 is 21.3 Å². The van der Waals surface area contributed by atoms with Gasteiger partial charge in [-0.2, -0.15) is 4.98 Å². The number of nitrogens with zero attached hydrogens (tertiary/aromatic N) is 4. The van der Waals surface area contributed by atoms with Crippen molar-refractivity contribution in [3.8, 4) is 0 Å². The van der Waals surface area contributed by atoms with Crippen LogP contribution >= 0.6 is 11.6 Å². The Labute approximate surface area is 154 Å². The zero-order valence-electron chi connectivity index (χ0n) is 14.2. The first kappa shape index (κ1) is 19.1. The first-order valence-corrected chi connectivity index (χ1v) is 7.81. The molecule has 0 radical (unpaired) electrons. The number of aliphatic imine (C=N–C) groups is 1. The Morgan fingerprint density at radius 3 is 2.77 bits per heavy atom. The van der Waals surface area contributed by atoms with Gasteiger partial charge in [-0.3, -0.25) is 9.78 Å². The zero-order chi connectivity index (χ0) is 19.3. The molecule has 2 aromatic heterocycles. The van der Waals surface area contributed by atoms with Crippen molar-refractivity contribution in [1.29, 1.82) is 0 Å². The number of halogens is 1. The maximum absolute atomic E-state index is 11.0. The molecule has 0 aromatic carbocycles. The Morgan fingerprint density at radius 1 is 1.46 bits per heavy atom. The van der Waals surface area contributed by atoms with E-state index < -0.39 is 11.4 Å². The lowest BCUT2D eigenvalue weighted by Crippen LogP contribution is -2.32. The van der Waals surface area contributed by atoms with Crippen molar-refractivity contribution in [2.75, 3.05) is 0 Å². The highest BCUT2D eigenvalue weighted by Gasteiger charge is 2.24. The lowest BCUT2D eigenvalue weighted by Gasteiger charge is -2.21. The molecule has 0 fully saturated rings.